The molecule has 1 fully saturated rings. The highest BCUT2D eigenvalue weighted by Crippen LogP contribution is 2.32. The fourth-order valence-corrected chi connectivity index (χ4v) is 3.93. The minimum Gasteiger partial charge on any atom is -0.392 e. The van der Waals surface area contributed by atoms with Crippen LogP contribution in [0.4, 0.5) is 4.39 Å². The maximum atomic E-state index is 13.2. The highest BCUT2D eigenvalue weighted by molar-refractivity contribution is 7.89. The Labute approximate surface area is 106 Å². The lowest BCUT2D eigenvalue weighted by molar-refractivity contribution is 0.277. The molecule has 1 aromatic carbocycles. The molecule has 0 heterocycles. The number of halogens is 1. The van der Waals surface area contributed by atoms with E-state index in [0.717, 1.165) is 25.0 Å². The van der Waals surface area contributed by atoms with Crippen molar-refractivity contribution in [1.82, 2.24) is 4.31 Å². The van der Waals surface area contributed by atoms with Gasteiger partial charge >= 0.3 is 0 Å². The summed E-state index contributed by atoms with van der Waals surface area (Å²) in [5.74, 6) is -0.613. The van der Waals surface area contributed by atoms with Crippen molar-refractivity contribution in [3.63, 3.8) is 0 Å². The maximum Gasteiger partial charge on any atom is 0.243 e. The third kappa shape index (κ3) is 2.41. The Morgan fingerprint density at radius 3 is 2.61 bits per heavy atom. The van der Waals surface area contributed by atoms with Crippen molar-refractivity contribution in [3.8, 4) is 0 Å². The minimum atomic E-state index is -3.72. The summed E-state index contributed by atoms with van der Waals surface area (Å²) in [6.45, 7) is 1.69. The second-order valence-electron chi connectivity index (χ2n) is 4.35. The number of hydrogen-bond donors (Lipinski definition) is 1. The molecule has 0 saturated heterocycles. The van der Waals surface area contributed by atoms with Crippen LogP contribution in [0.3, 0.4) is 0 Å². The van der Waals surface area contributed by atoms with Crippen molar-refractivity contribution >= 4 is 10.0 Å². The Bertz CT molecular complexity index is 540. The Morgan fingerprint density at radius 2 is 2.11 bits per heavy atom. The topological polar surface area (TPSA) is 57.6 Å². The Balaban J connectivity index is 2.48. The number of aliphatic hydroxyl groups is 1. The molecular formula is C12H16FNO3S. The summed E-state index contributed by atoms with van der Waals surface area (Å²) < 4.78 is 39.5. The fourth-order valence-electron chi connectivity index (χ4n) is 2.01. The highest BCUT2D eigenvalue weighted by atomic mass is 32.2. The van der Waals surface area contributed by atoms with Gasteiger partial charge in [-0.3, -0.25) is 0 Å². The van der Waals surface area contributed by atoms with Gasteiger partial charge in [0.15, 0.2) is 0 Å². The van der Waals surface area contributed by atoms with Gasteiger partial charge in [-0.2, -0.15) is 4.31 Å². The number of nitrogens with zero attached hydrogens (tertiary/aromatic N) is 1. The summed E-state index contributed by atoms with van der Waals surface area (Å²) >= 11 is 0. The smallest absolute Gasteiger partial charge is 0.243 e. The largest absolute Gasteiger partial charge is 0.392 e. The van der Waals surface area contributed by atoms with E-state index in [-0.39, 0.29) is 16.5 Å². The Kier molecular flexibility index (Phi) is 3.70. The average Bonchev–Trinajstić information content (AvgIpc) is 3.14. The molecule has 0 radical (unpaired) electrons. The standard InChI is InChI=1S/C12H16FNO3S/c1-2-14(11-5-6-11)18(16,17)12-7-10(13)4-3-9(12)8-15/h3-4,7,11,15H,2,5-6,8H2,1H3. The Morgan fingerprint density at radius 1 is 1.44 bits per heavy atom. The second kappa shape index (κ2) is 4.95. The van der Waals surface area contributed by atoms with Crippen LogP contribution in [0.25, 0.3) is 0 Å². The number of hydrogen-bond acceptors (Lipinski definition) is 3. The van der Waals surface area contributed by atoms with Crippen molar-refractivity contribution < 1.29 is 17.9 Å². The van der Waals surface area contributed by atoms with Crippen molar-refractivity contribution in [2.45, 2.75) is 37.3 Å². The molecular weight excluding hydrogens is 257 g/mol. The van der Waals surface area contributed by atoms with Gasteiger partial charge < -0.3 is 5.11 Å². The van der Waals surface area contributed by atoms with Gasteiger partial charge in [-0.1, -0.05) is 13.0 Å². The predicted molar refractivity (Wildman–Crippen MR) is 64.9 cm³/mol. The minimum absolute atomic E-state index is 0.0230. The Hall–Kier alpha value is -0.980. The molecule has 4 nitrogen and oxygen atoms in total. The van der Waals surface area contributed by atoms with Gasteiger partial charge in [0.1, 0.15) is 5.82 Å². The first kappa shape index (κ1) is 13.5. The molecule has 0 aliphatic heterocycles. The van der Waals surface area contributed by atoms with Crippen LogP contribution in [-0.4, -0.2) is 30.4 Å². The molecule has 6 heteroatoms. The molecule has 0 atom stereocenters. The molecule has 0 amide bonds. The summed E-state index contributed by atoms with van der Waals surface area (Å²) in [4.78, 5) is -0.126. The van der Waals surface area contributed by atoms with Crippen molar-refractivity contribution in [3.05, 3.63) is 29.6 Å². The van der Waals surface area contributed by atoms with E-state index in [1.807, 2.05) is 0 Å². The summed E-state index contributed by atoms with van der Waals surface area (Å²) in [6.07, 6.45) is 1.69. The summed E-state index contributed by atoms with van der Waals surface area (Å²) in [6, 6.07) is 3.46. The average molecular weight is 273 g/mol. The van der Waals surface area contributed by atoms with Crippen LogP contribution in [0.5, 0.6) is 0 Å². The van der Waals surface area contributed by atoms with Crippen LogP contribution >= 0.6 is 0 Å². The zero-order valence-corrected chi connectivity index (χ0v) is 11.0. The number of aliphatic hydroxyl groups excluding tert-OH is 1. The van der Waals surface area contributed by atoms with Crippen molar-refractivity contribution in [1.29, 1.82) is 0 Å². The quantitative estimate of drug-likeness (QED) is 0.884. The lowest BCUT2D eigenvalue weighted by Crippen LogP contribution is -2.33. The molecule has 0 spiro atoms. The molecule has 1 aliphatic rings. The summed E-state index contributed by atoms with van der Waals surface area (Å²) in [7, 11) is -3.72. The first-order valence-corrected chi connectivity index (χ1v) is 7.35. The first-order valence-electron chi connectivity index (χ1n) is 5.91. The van der Waals surface area contributed by atoms with Gasteiger partial charge in [0.05, 0.1) is 11.5 Å². The molecule has 0 bridgehead atoms. The monoisotopic (exact) mass is 273 g/mol. The van der Waals surface area contributed by atoms with E-state index in [2.05, 4.69) is 0 Å². The zero-order valence-electron chi connectivity index (χ0n) is 10.1. The van der Waals surface area contributed by atoms with Gasteiger partial charge in [-0.05, 0) is 30.5 Å². The van der Waals surface area contributed by atoms with Crippen LogP contribution < -0.4 is 0 Å². The van der Waals surface area contributed by atoms with Crippen LogP contribution in [0.1, 0.15) is 25.3 Å². The highest BCUT2D eigenvalue weighted by Gasteiger charge is 2.37. The SMILES string of the molecule is CCN(C1CC1)S(=O)(=O)c1cc(F)ccc1CO. The molecule has 1 saturated carbocycles. The van der Waals surface area contributed by atoms with E-state index in [1.54, 1.807) is 6.92 Å². The molecule has 0 aromatic heterocycles. The molecule has 1 aliphatic carbocycles. The van der Waals surface area contributed by atoms with Gasteiger partial charge in [-0.25, -0.2) is 12.8 Å². The van der Waals surface area contributed by atoms with Crippen LogP contribution in [-0.2, 0) is 16.6 Å². The number of rotatable bonds is 5. The van der Waals surface area contributed by atoms with Gasteiger partial charge in [-0.15, -0.1) is 0 Å². The molecule has 2 rings (SSSR count). The van der Waals surface area contributed by atoms with Crippen LogP contribution in [0, 0.1) is 5.82 Å². The van der Waals surface area contributed by atoms with E-state index in [1.165, 1.54) is 10.4 Å². The lowest BCUT2D eigenvalue weighted by Gasteiger charge is -2.21. The number of benzene rings is 1. The first-order chi connectivity index (χ1) is 8.50. The van der Waals surface area contributed by atoms with E-state index in [0.29, 0.717) is 6.54 Å². The van der Waals surface area contributed by atoms with Gasteiger partial charge in [0.25, 0.3) is 0 Å². The van der Waals surface area contributed by atoms with Crippen LogP contribution in [0.2, 0.25) is 0 Å². The zero-order chi connectivity index (χ0) is 13.3. The lowest BCUT2D eigenvalue weighted by atomic mass is 10.2. The molecule has 1 aromatic rings. The van der Waals surface area contributed by atoms with E-state index < -0.39 is 22.4 Å². The molecule has 18 heavy (non-hydrogen) atoms. The summed E-state index contributed by atoms with van der Waals surface area (Å²) in [5.41, 5.74) is 0.232. The molecule has 1 N–H and O–H groups in total. The van der Waals surface area contributed by atoms with Crippen molar-refractivity contribution in [2.75, 3.05) is 6.54 Å². The second-order valence-corrected chi connectivity index (χ2v) is 6.21. The van der Waals surface area contributed by atoms with E-state index >= 15 is 0 Å². The third-order valence-corrected chi connectivity index (χ3v) is 5.16. The molecule has 0 unspecified atom stereocenters. The number of sulfonamides is 1. The van der Waals surface area contributed by atoms with E-state index in [9.17, 15) is 17.9 Å². The van der Waals surface area contributed by atoms with E-state index in [4.69, 9.17) is 0 Å². The third-order valence-electron chi connectivity index (χ3n) is 3.05. The van der Waals surface area contributed by atoms with Crippen molar-refractivity contribution in [2.24, 2.45) is 0 Å². The predicted octanol–water partition coefficient (Wildman–Crippen LogP) is 1.49. The molecule has 100 valence electrons. The normalized spacial score (nSPS) is 16.2. The van der Waals surface area contributed by atoms with Crippen LogP contribution in [0.15, 0.2) is 23.1 Å². The van der Waals surface area contributed by atoms with Gasteiger partial charge in [0.2, 0.25) is 10.0 Å². The summed E-state index contributed by atoms with van der Waals surface area (Å²) in [5, 5.41) is 9.18. The van der Waals surface area contributed by atoms with Gasteiger partial charge in [0, 0.05) is 12.6 Å². The maximum absolute atomic E-state index is 13.2. The fraction of sp³-hybridized carbons (Fsp3) is 0.500.